The van der Waals surface area contributed by atoms with Crippen molar-refractivity contribution in [1.29, 1.82) is 0 Å². The van der Waals surface area contributed by atoms with Gasteiger partial charge in [-0.2, -0.15) is 0 Å². The van der Waals surface area contributed by atoms with E-state index < -0.39 is 8.07 Å². The van der Waals surface area contributed by atoms with Crippen LogP contribution < -0.4 is 20.7 Å². The molecular formula is C53H35N3OSi. The summed E-state index contributed by atoms with van der Waals surface area (Å²) in [4.78, 5) is 5.40. The molecule has 0 amide bonds. The van der Waals surface area contributed by atoms with Gasteiger partial charge in [0, 0.05) is 44.2 Å². The molecule has 0 fully saturated rings. The minimum absolute atomic E-state index is 0.880. The lowest BCUT2D eigenvalue weighted by atomic mass is 10.1. The van der Waals surface area contributed by atoms with Crippen LogP contribution in [0.15, 0.2) is 217 Å². The van der Waals surface area contributed by atoms with Crippen LogP contribution in [0.1, 0.15) is 0 Å². The van der Waals surface area contributed by atoms with Crippen LogP contribution in [0.25, 0.3) is 77.1 Å². The van der Waals surface area contributed by atoms with Crippen molar-refractivity contribution in [3.63, 3.8) is 0 Å². The fraction of sp³-hybridized carbons (Fsp3) is 0. The van der Waals surface area contributed by atoms with E-state index >= 15 is 0 Å². The number of nitrogens with zero attached hydrogens (tertiary/aromatic N) is 3. The van der Waals surface area contributed by atoms with E-state index in [9.17, 15) is 0 Å². The second-order valence-electron chi connectivity index (χ2n) is 15.1. The van der Waals surface area contributed by atoms with Gasteiger partial charge in [0.15, 0.2) is 8.07 Å². The maximum absolute atomic E-state index is 6.83. The maximum Gasteiger partial charge on any atom is 0.185 e. The largest absolute Gasteiger partial charge is 0.456 e. The van der Waals surface area contributed by atoms with Gasteiger partial charge in [0.25, 0.3) is 0 Å². The highest BCUT2D eigenvalue weighted by molar-refractivity contribution is 7.20. The van der Waals surface area contributed by atoms with Crippen molar-refractivity contribution in [2.45, 2.75) is 0 Å². The van der Waals surface area contributed by atoms with Gasteiger partial charge in [-0.25, -0.2) is 4.98 Å². The summed E-state index contributed by atoms with van der Waals surface area (Å²) in [6.07, 6.45) is 2.14. The third-order valence-electron chi connectivity index (χ3n) is 12.1. The highest BCUT2D eigenvalue weighted by Gasteiger charge is 2.44. The van der Waals surface area contributed by atoms with Gasteiger partial charge in [-0.3, -0.25) is 4.57 Å². The van der Waals surface area contributed by atoms with Crippen molar-refractivity contribution in [1.82, 2.24) is 14.1 Å². The van der Waals surface area contributed by atoms with Crippen molar-refractivity contribution >= 4 is 94.4 Å². The molecule has 0 saturated carbocycles. The summed E-state index contributed by atoms with van der Waals surface area (Å²) < 4.78 is 11.5. The highest BCUT2D eigenvalue weighted by atomic mass is 28.3. The van der Waals surface area contributed by atoms with Crippen LogP contribution in [0.3, 0.4) is 0 Å². The molecule has 272 valence electrons. The average Bonchev–Trinajstić information content (AvgIpc) is 3.96. The third-order valence-corrected chi connectivity index (χ3v) is 16.9. The molecule has 0 aliphatic carbocycles. The molecule has 0 atom stereocenters. The summed E-state index contributed by atoms with van der Waals surface area (Å²) in [7, 11) is -2.99. The molecule has 0 N–H and O–H groups in total. The number of furan rings is 1. The Morgan fingerprint density at radius 2 is 0.914 bits per heavy atom. The van der Waals surface area contributed by atoms with Gasteiger partial charge in [-0.05, 0) is 69.3 Å². The molecule has 0 saturated heterocycles. The average molecular weight is 758 g/mol. The van der Waals surface area contributed by atoms with Gasteiger partial charge < -0.3 is 8.98 Å². The van der Waals surface area contributed by atoms with Crippen LogP contribution in [-0.4, -0.2) is 22.2 Å². The van der Waals surface area contributed by atoms with E-state index in [1.807, 2.05) is 6.07 Å². The van der Waals surface area contributed by atoms with Crippen LogP contribution >= 0.6 is 0 Å². The number of para-hydroxylation sites is 5. The summed E-state index contributed by atoms with van der Waals surface area (Å²) >= 11 is 0. The molecule has 4 heterocycles. The molecule has 0 aliphatic heterocycles. The topological polar surface area (TPSA) is 35.9 Å². The van der Waals surface area contributed by atoms with Gasteiger partial charge >= 0.3 is 0 Å². The smallest absolute Gasteiger partial charge is 0.185 e. The molecule has 12 rings (SSSR count). The first kappa shape index (κ1) is 32.7. The first-order valence-electron chi connectivity index (χ1n) is 19.8. The van der Waals surface area contributed by atoms with Crippen LogP contribution in [0.4, 0.5) is 0 Å². The number of rotatable bonds is 6. The quantitative estimate of drug-likeness (QED) is 0.125. The Morgan fingerprint density at radius 3 is 1.55 bits per heavy atom. The lowest BCUT2D eigenvalue weighted by molar-refractivity contribution is 0.671. The minimum Gasteiger partial charge on any atom is -0.456 e. The fourth-order valence-electron chi connectivity index (χ4n) is 9.67. The number of hydrogen-bond acceptors (Lipinski definition) is 2. The number of pyridine rings is 1. The lowest BCUT2D eigenvalue weighted by Gasteiger charge is -2.34. The van der Waals surface area contributed by atoms with Crippen LogP contribution in [0.2, 0.25) is 0 Å². The molecule has 4 nitrogen and oxygen atoms in total. The van der Waals surface area contributed by atoms with E-state index in [2.05, 4.69) is 216 Å². The third kappa shape index (κ3) is 4.65. The van der Waals surface area contributed by atoms with Crippen LogP contribution in [0, 0.1) is 0 Å². The summed E-state index contributed by atoms with van der Waals surface area (Å²) in [6, 6.07) is 74.5. The predicted octanol–water partition coefficient (Wildman–Crippen LogP) is 10.6. The first-order chi connectivity index (χ1) is 28.8. The molecule has 0 spiro atoms. The van der Waals surface area contributed by atoms with E-state index in [4.69, 9.17) is 9.40 Å². The van der Waals surface area contributed by atoms with E-state index in [1.165, 1.54) is 53.3 Å². The molecular weight excluding hydrogens is 723 g/mol. The maximum atomic E-state index is 6.83. The summed E-state index contributed by atoms with van der Waals surface area (Å²) in [5.41, 5.74) is 7.62. The SMILES string of the molecule is c1ccc([Si](c2ccccc2)(c2ccc(-n3c4ccccc4c4cc(-n5c6ccccc6c6ccccc65)ccc43)nc2)c2cccc3c2oc2ccccc23)cc1. The van der Waals surface area contributed by atoms with Crippen molar-refractivity contribution in [2.24, 2.45) is 0 Å². The zero-order valence-corrected chi connectivity index (χ0v) is 32.5. The standard InChI is InChI=1S/C53H35N3OSi/c1-3-16-37(17-4-1)58(38-18-5-2-6-19-38,51-29-15-24-44-43-23-10-14-28-50(43)57-53(44)51)39-31-33-52(54-35-39)56-48-27-13-9-22-42(48)45-34-36(30-32-49(45)56)55-46-25-11-7-20-40(46)41-21-8-12-26-47(41)55/h1-35H. The van der Waals surface area contributed by atoms with Crippen molar-refractivity contribution in [2.75, 3.05) is 0 Å². The monoisotopic (exact) mass is 757 g/mol. The zero-order chi connectivity index (χ0) is 38.2. The van der Waals surface area contributed by atoms with Gasteiger partial charge in [-0.1, -0.05) is 158 Å². The van der Waals surface area contributed by atoms with E-state index in [0.29, 0.717) is 0 Å². The van der Waals surface area contributed by atoms with Gasteiger partial charge in [0.05, 0.1) is 22.1 Å². The fourth-order valence-corrected chi connectivity index (χ4v) is 14.5. The van der Waals surface area contributed by atoms with Crippen molar-refractivity contribution < 1.29 is 4.42 Å². The Hall–Kier alpha value is -7.47. The minimum atomic E-state index is -2.99. The lowest BCUT2D eigenvalue weighted by Crippen LogP contribution is -2.75. The predicted molar refractivity (Wildman–Crippen MR) is 244 cm³/mol. The molecule has 0 unspecified atom stereocenters. The van der Waals surface area contributed by atoms with Crippen LogP contribution in [-0.2, 0) is 0 Å². The molecule has 0 aliphatic rings. The summed E-state index contributed by atoms with van der Waals surface area (Å²) in [6.45, 7) is 0. The van der Waals surface area contributed by atoms with E-state index in [0.717, 1.165) is 44.5 Å². The molecule has 5 heteroatoms. The molecule has 4 aromatic heterocycles. The number of aromatic nitrogens is 3. The Balaban J connectivity index is 1.08. The van der Waals surface area contributed by atoms with Crippen LogP contribution in [0.5, 0.6) is 0 Å². The molecule has 58 heavy (non-hydrogen) atoms. The zero-order valence-electron chi connectivity index (χ0n) is 31.5. The summed E-state index contributed by atoms with van der Waals surface area (Å²) in [5.74, 6) is 0.880. The number of hydrogen-bond donors (Lipinski definition) is 0. The van der Waals surface area contributed by atoms with Gasteiger partial charge in [0.2, 0.25) is 0 Å². The highest BCUT2D eigenvalue weighted by Crippen LogP contribution is 2.37. The number of benzene rings is 8. The Morgan fingerprint density at radius 1 is 0.379 bits per heavy atom. The number of fused-ring (bicyclic) bond motifs is 9. The van der Waals surface area contributed by atoms with Gasteiger partial charge in [0.1, 0.15) is 17.0 Å². The molecule has 8 aromatic carbocycles. The Bertz CT molecular complexity index is 3420. The molecule has 0 radical (unpaired) electrons. The van der Waals surface area contributed by atoms with E-state index in [1.54, 1.807) is 0 Å². The van der Waals surface area contributed by atoms with E-state index in [-0.39, 0.29) is 0 Å². The Labute approximate surface area is 335 Å². The van der Waals surface area contributed by atoms with Crippen molar-refractivity contribution in [3.8, 4) is 11.5 Å². The summed E-state index contributed by atoms with van der Waals surface area (Å²) in [5, 5.41) is 12.1. The molecule has 12 aromatic rings. The second kappa shape index (κ2) is 12.8. The second-order valence-corrected chi connectivity index (χ2v) is 18.9. The Kier molecular flexibility index (Phi) is 7.21. The normalized spacial score (nSPS) is 12.1. The van der Waals surface area contributed by atoms with Gasteiger partial charge in [-0.15, -0.1) is 0 Å². The van der Waals surface area contributed by atoms with Crippen molar-refractivity contribution in [3.05, 3.63) is 212 Å². The molecule has 0 bridgehead atoms. The first-order valence-corrected chi connectivity index (χ1v) is 21.8.